The average molecular weight is 322 g/mol. The van der Waals surface area contributed by atoms with Crippen molar-refractivity contribution in [3.8, 4) is 0 Å². The van der Waals surface area contributed by atoms with Gasteiger partial charge in [0.1, 0.15) is 0 Å². The fourth-order valence-electron chi connectivity index (χ4n) is 1.25. The molecule has 8 nitrogen and oxygen atoms in total. The summed E-state index contributed by atoms with van der Waals surface area (Å²) in [6, 6.07) is 0. The smallest absolute Gasteiger partial charge is 0.355 e. The van der Waals surface area contributed by atoms with Crippen molar-refractivity contribution in [2.75, 3.05) is 18.9 Å². The highest BCUT2D eigenvalue weighted by molar-refractivity contribution is 7.90. The lowest BCUT2D eigenvalue weighted by Gasteiger charge is -2.05. The number of carboxylic acids is 1. The fourth-order valence-corrected chi connectivity index (χ4v) is 2.93. The zero-order chi connectivity index (χ0) is 15.2. The highest BCUT2D eigenvalue weighted by atomic mass is 32.2. The third kappa shape index (κ3) is 5.63. The number of nitrogens with zero attached hydrogens (tertiary/aromatic N) is 1. The summed E-state index contributed by atoms with van der Waals surface area (Å²) in [4.78, 5) is 25.5. The van der Waals surface area contributed by atoms with Crippen molar-refractivity contribution in [1.82, 2.24) is 9.71 Å². The maximum absolute atomic E-state index is 11.5. The first-order valence-corrected chi connectivity index (χ1v) is 8.18. The van der Waals surface area contributed by atoms with E-state index in [9.17, 15) is 18.0 Å². The molecule has 0 aliphatic carbocycles. The molecule has 0 saturated heterocycles. The Morgan fingerprint density at radius 1 is 1.50 bits per heavy atom. The highest BCUT2D eigenvalue weighted by Crippen LogP contribution is 2.10. The average Bonchev–Trinajstić information content (AvgIpc) is 2.77. The SMILES string of the molecule is CCOC(=O)CS(=O)(=O)NCCc1nc(C(=O)O)cs1. The fraction of sp³-hybridized carbons (Fsp3) is 0.500. The summed E-state index contributed by atoms with van der Waals surface area (Å²) in [5, 5.41) is 10.6. The number of carbonyl (C=O) groups is 2. The van der Waals surface area contributed by atoms with Gasteiger partial charge in [0.2, 0.25) is 10.0 Å². The van der Waals surface area contributed by atoms with Crippen LogP contribution in [-0.4, -0.2) is 49.4 Å². The normalized spacial score (nSPS) is 11.2. The van der Waals surface area contributed by atoms with E-state index in [0.29, 0.717) is 5.01 Å². The number of nitrogens with one attached hydrogen (secondary N) is 1. The van der Waals surface area contributed by atoms with Gasteiger partial charge in [-0.25, -0.2) is 22.9 Å². The second-order valence-corrected chi connectivity index (χ2v) is 6.39. The molecule has 1 aromatic rings. The summed E-state index contributed by atoms with van der Waals surface area (Å²) in [5.74, 6) is -2.68. The van der Waals surface area contributed by atoms with Gasteiger partial charge in [-0.3, -0.25) is 4.79 Å². The van der Waals surface area contributed by atoms with Crippen LogP contribution in [0, 0.1) is 0 Å². The molecule has 20 heavy (non-hydrogen) atoms. The van der Waals surface area contributed by atoms with E-state index in [1.165, 1.54) is 5.38 Å². The molecular weight excluding hydrogens is 308 g/mol. The van der Waals surface area contributed by atoms with Crippen molar-refractivity contribution in [2.24, 2.45) is 0 Å². The quantitative estimate of drug-likeness (QED) is 0.639. The molecule has 0 amide bonds. The number of rotatable bonds is 8. The molecule has 0 unspecified atom stereocenters. The molecule has 1 heterocycles. The summed E-state index contributed by atoms with van der Waals surface area (Å²) in [6.45, 7) is 1.74. The molecule has 0 bridgehead atoms. The number of carboxylic acid groups (broad SMARTS) is 1. The Morgan fingerprint density at radius 2 is 2.20 bits per heavy atom. The van der Waals surface area contributed by atoms with Crippen molar-refractivity contribution < 1.29 is 27.9 Å². The number of aromatic carboxylic acids is 1. The minimum atomic E-state index is -3.75. The third-order valence-corrected chi connectivity index (χ3v) is 4.21. The number of thiazole rings is 1. The van der Waals surface area contributed by atoms with Crippen LogP contribution in [0.2, 0.25) is 0 Å². The predicted octanol–water partition coefficient (Wildman–Crippen LogP) is -0.134. The van der Waals surface area contributed by atoms with E-state index in [-0.39, 0.29) is 25.3 Å². The second-order valence-electron chi connectivity index (χ2n) is 3.64. The largest absolute Gasteiger partial charge is 0.476 e. The molecule has 0 fully saturated rings. The second kappa shape index (κ2) is 7.31. The predicted molar refractivity (Wildman–Crippen MR) is 71.2 cm³/mol. The lowest BCUT2D eigenvalue weighted by Crippen LogP contribution is -2.32. The monoisotopic (exact) mass is 322 g/mol. The minimum absolute atomic E-state index is 0.0360. The number of aromatic nitrogens is 1. The number of carbonyl (C=O) groups excluding carboxylic acids is 1. The summed E-state index contributed by atoms with van der Waals surface area (Å²) in [6.07, 6.45) is 0.250. The molecule has 1 aromatic heterocycles. The van der Waals surface area contributed by atoms with Crippen LogP contribution in [0.4, 0.5) is 0 Å². The number of sulfonamides is 1. The Morgan fingerprint density at radius 3 is 2.75 bits per heavy atom. The van der Waals surface area contributed by atoms with E-state index in [1.54, 1.807) is 6.92 Å². The van der Waals surface area contributed by atoms with E-state index in [1.807, 2.05) is 0 Å². The molecule has 112 valence electrons. The van der Waals surface area contributed by atoms with Crippen LogP contribution in [0.3, 0.4) is 0 Å². The van der Waals surface area contributed by atoms with Crippen LogP contribution in [0.1, 0.15) is 22.4 Å². The van der Waals surface area contributed by atoms with E-state index >= 15 is 0 Å². The Kier molecular flexibility index (Phi) is 6.05. The van der Waals surface area contributed by atoms with Crippen LogP contribution in [0.25, 0.3) is 0 Å². The number of esters is 1. The molecule has 0 saturated carbocycles. The molecule has 10 heteroatoms. The van der Waals surface area contributed by atoms with Crippen LogP contribution in [0.15, 0.2) is 5.38 Å². The Hall–Kier alpha value is -1.52. The van der Waals surface area contributed by atoms with Crippen LogP contribution in [-0.2, 0) is 26.0 Å². The molecule has 0 atom stereocenters. The van der Waals surface area contributed by atoms with Crippen LogP contribution < -0.4 is 4.72 Å². The first kappa shape index (κ1) is 16.5. The van der Waals surface area contributed by atoms with Crippen molar-refractivity contribution in [2.45, 2.75) is 13.3 Å². The summed E-state index contributed by atoms with van der Waals surface area (Å²) in [5.41, 5.74) is -0.0700. The first-order valence-electron chi connectivity index (χ1n) is 5.64. The van der Waals surface area contributed by atoms with Gasteiger partial charge in [0.05, 0.1) is 11.6 Å². The van der Waals surface area contributed by atoms with Gasteiger partial charge in [-0.05, 0) is 6.92 Å². The maximum atomic E-state index is 11.5. The zero-order valence-electron chi connectivity index (χ0n) is 10.7. The van der Waals surface area contributed by atoms with Gasteiger partial charge < -0.3 is 9.84 Å². The molecular formula is C10H14N2O6S2. The van der Waals surface area contributed by atoms with Crippen LogP contribution >= 0.6 is 11.3 Å². The third-order valence-electron chi connectivity index (χ3n) is 2.04. The molecule has 1 rings (SSSR count). The van der Waals surface area contributed by atoms with Gasteiger partial charge in [-0.15, -0.1) is 11.3 Å². The van der Waals surface area contributed by atoms with Crippen molar-refractivity contribution in [3.63, 3.8) is 0 Å². The number of hydrogen-bond donors (Lipinski definition) is 2. The van der Waals surface area contributed by atoms with Gasteiger partial charge in [0.25, 0.3) is 0 Å². The molecule has 0 spiro atoms. The lowest BCUT2D eigenvalue weighted by atomic mass is 10.4. The van der Waals surface area contributed by atoms with E-state index in [0.717, 1.165) is 11.3 Å². The molecule has 2 N–H and O–H groups in total. The first-order chi connectivity index (χ1) is 9.34. The Bertz CT molecular complexity index is 580. The van der Waals surface area contributed by atoms with Crippen molar-refractivity contribution in [3.05, 3.63) is 16.1 Å². The summed E-state index contributed by atoms with van der Waals surface area (Å²) in [7, 11) is -3.75. The van der Waals surface area contributed by atoms with Crippen molar-refractivity contribution in [1.29, 1.82) is 0 Å². The van der Waals surface area contributed by atoms with Crippen LogP contribution in [0.5, 0.6) is 0 Å². The molecule has 0 aliphatic heterocycles. The van der Waals surface area contributed by atoms with Gasteiger partial charge in [-0.2, -0.15) is 0 Å². The minimum Gasteiger partial charge on any atom is -0.476 e. The van der Waals surface area contributed by atoms with Gasteiger partial charge in [0.15, 0.2) is 11.4 Å². The van der Waals surface area contributed by atoms with E-state index in [4.69, 9.17) is 5.11 Å². The van der Waals surface area contributed by atoms with E-state index in [2.05, 4.69) is 14.4 Å². The summed E-state index contributed by atoms with van der Waals surface area (Å²) < 4.78 is 29.8. The van der Waals surface area contributed by atoms with E-state index < -0.39 is 27.7 Å². The summed E-state index contributed by atoms with van der Waals surface area (Å²) >= 11 is 1.13. The van der Waals surface area contributed by atoms with Gasteiger partial charge >= 0.3 is 11.9 Å². The Labute approximate surface area is 119 Å². The molecule has 0 aliphatic rings. The Balaban J connectivity index is 2.42. The number of hydrogen-bond acceptors (Lipinski definition) is 7. The number of ether oxygens (including phenoxy) is 1. The standard InChI is InChI=1S/C10H14N2O6S2/c1-2-18-9(13)6-20(16,17)11-4-3-8-12-7(5-19-8)10(14)15/h5,11H,2-4,6H2,1H3,(H,14,15). The zero-order valence-corrected chi connectivity index (χ0v) is 12.3. The van der Waals surface area contributed by atoms with Crippen molar-refractivity contribution >= 4 is 33.3 Å². The maximum Gasteiger partial charge on any atom is 0.355 e. The molecule has 0 aromatic carbocycles. The van der Waals surface area contributed by atoms with Gasteiger partial charge in [0, 0.05) is 18.3 Å². The highest BCUT2D eigenvalue weighted by Gasteiger charge is 2.17. The lowest BCUT2D eigenvalue weighted by molar-refractivity contribution is -0.139. The van der Waals surface area contributed by atoms with Gasteiger partial charge in [-0.1, -0.05) is 0 Å². The molecule has 0 radical (unpaired) electrons. The topological polar surface area (TPSA) is 123 Å².